The fourth-order valence-corrected chi connectivity index (χ4v) is 1.73. The minimum atomic E-state index is 0.549. The van der Waals surface area contributed by atoms with E-state index in [2.05, 4.69) is 4.98 Å². The molecule has 0 aliphatic rings. The number of pyridine rings is 1. The largest absolute Gasteiger partial charge is 0.497 e. The number of nitrogens with zero attached hydrogens (tertiary/aromatic N) is 1. The SMILES string of the molecule is COc1cccc(-c2c(C)ccnc2N)c1. The van der Waals surface area contributed by atoms with Gasteiger partial charge in [0.05, 0.1) is 7.11 Å². The first-order valence-corrected chi connectivity index (χ1v) is 5.08. The Morgan fingerprint density at radius 1 is 1.25 bits per heavy atom. The molecule has 0 saturated carbocycles. The lowest BCUT2D eigenvalue weighted by molar-refractivity contribution is 0.415. The quantitative estimate of drug-likeness (QED) is 0.836. The molecule has 1 aromatic heterocycles. The zero-order valence-corrected chi connectivity index (χ0v) is 9.40. The van der Waals surface area contributed by atoms with Crippen LogP contribution in [0.5, 0.6) is 5.75 Å². The predicted octanol–water partition coefficient (Wildman–Crippen LogP) is 2.65. The van der Waals surface area contributed by atoms with Crippen molar-refractivity contribution < 1.29 is 4.74 Å². The Hall–Kier alpha value is -2.03. The highest BCUT2D eigenvalue weighted by Crippen LogP contribution is 2.29. The van der Waals surface area contributed by atoms with Gasteiger partial charge in [0.15, 0.2) is 0 Å². The van der Waals surface area contributed by atoms with E-state index in [0.717, 1.165) is 22.4 Å². The highest BCUT2D eigenvalue weighted by Gasteiger charge is 2.07. The van der Waals surface area contributed by atoms with Crippen molar-refractivity contribution >= 4 is 5.82 Å². The summed E-state index contributed by atoms with van der Waals surface area (Å²) in [5, 5.41) is 0. The molecule has 1 heterocycles. The van der Waals surface area contributed by atoms with Gasteiger partial charge in [0.1, 0.15) is 11.6 Å². The Morgan fingerprint density at radius 3 is 2.75 bits per heavy atom. The van der Waals surface area contributed by atoms with Gasteiger partial charge in [-0.25, -0.2) is 4.98 Å². The number of nitrogens with two attached hydrogens (primary N) is 1. The number of nitrogen functional groups attached to an aromatic ring is 1. The van der Waals surface area contributed by atoms with Crippen molar-refractivity contribution in [2.75, 3.05) is 12.8 Å². The van der Waals surface area contributed by atoms with Crippen molar-refractivity contribution in [1.29, 1.82) is 0 Å². The van der Waals surface area contributed by atoms with Crippen LogP contribution in [0.3, 0.4) is 0 Å². The molecule has 0 bridgehead atoms. The minimum absolute atomic E-state index is 0.549. The van der Waals surface area contributed by atoms with Crippen LogP contribution in [0.4, 0.5) is 5.82 Å². The van der Waals surface area contributed by atoms with E-state index >= 15 is 0 Å². The van der Waals surface area contributed by atoms with Crippen LogP contribution in [0.1, 0.15) is 5.56 Å². The van der Waals surface area contributed by atoms with Crippen LogP contribution in [0, 0.1) is 6.92 Å². The van der Waals surface area contributed by atoms with Gasteiger partial charge in [0.25, 0.3) is 0 Å². The van der Waals surface area contributed by atoms with E-state index in [1.54, 1.807) is 13.3 Å². The van der Waals surface area contributed by atoms with Crippen LogP contribution < -0.4 is 10.5 Å². The second kappa shape index (κ2) is 4.23. The molecule has 0 atom stereocenters. The number of ether oxygens (including phenoxy) is 1. The zero-order chi connectivity index (χ0) is 11.5. The van der Waals surface area contributed by atoms with E-state index in [0.29, 0.717) is 5.82 Å². The average molecular weight is 214 g/mol. The summed E-state index contributed by atoms with van der Waals surface area (Å²) >= 11 is 0. The van der Waals surface area contributed by atoms with Crippen molar-refractivity contribution in [1.82, 2.24) is 4.98 Å². The summed E-state index contributed by atoms with van der Waals surface area (Å²) in [6, 6.07) is 9.76. The highest BCUT2D eigenvalue weighted by atomic mass is 16.5. The summed E-state index contributed by atoms with van der Waals surface area (Å²) in [5.74, 6) is 1.37. The Bertz CT molecular complexity index is 489. The van der Waals surface area contributed by atoms with Crippen LogP contribution in [0.2, 0.25) is 0 Å². The number of methoxy groups -OCH3 is 1. The fourth-order valence-electron chi connectivity index (χ4n) is 1.73. The summed E-state index contributed by atoms with van der Waals surface area (Å²) in [4.78, 5) is 4.11. The molecular formula is C13H14N2O. The molecule has 0 amide bonds. The standard InChI is InChI=1S/C13H14N2O/c1-9-6-7-15-13(14)12(9)10-4-3-5-11(8-10)16-2/h3-8H,1-2H3,(H2,14,15). The van der Waals surface area contributed by atoms with Crippen molar-refractivity contribution in [2.45, 2.75) is 6.92 Å². The summed E-state index contributed by atoms with van der Waals surface area (Å²) in [5.41, 5.74) is 9.01. The summed E-state index contributed by atoms with van der Waals surface area (Å²) in [7, 11) is 1.65. The van der Waals surface area contributed by atoms with Gasteiger partial charge in [-0.3, -0.25) is 0 Å². The maximum atomic E-state index is 5.89. The van der Waals surface area contributed by atoms with E-state index < -0.39 is 0 Å². The van der Waals surface area contributed by atoms with Gasteiger partial charge in [0.2, 0.25) is 0 Å². The first-order chi connectivity index (χ1) is 7.72. The molecule has 0 unspecified atom stereocenters. The van der Waals surface area contributed by atoms with Crippen LogP contribution >= 0.6 is 0 Å². The minimum Gasteiger partial charge on any atom is -0.497 e. The number of aryl methyl sites for hydroxylation is 1. The van der Waals surface area contributed by atoms with Crippen LogP contribution in [-0.2, 0) is 0 Å². The van der Waals surface area contributed by atoms with Crippen LogP contribution in [0.15, 0.2) is 36.5 Å². The molecule has 2 aromatic rings. The number of rotatable bonds is 2. The number of benzene rings is 1. The average Bonchev–Trinajstić information content (AvgIpc) is 2.29. The lowest BCUT2D eigenvalue weighted by Crippen LogP contribution is -1.96. The molecule has 0 aliphatic heterocycles. The molecule has 0 fully saturated rings. The third-order valence-corrected chi connectivity index (χ3v) is 2.55. The maximum absolute atomic E-state index is 5.89. The van der Waals surface area contributed by atoms with E-state index in [4.69, 9.17) is 10.5 Å². The number of anilines is 1. The van der Waals surface area contributed by atoms with Gasteiger partial charge in [-0.05, 0) is 36.2 Å². The van der Waals surface area contributed by atoms with Crippen LogP contribution in [0.25, 0.3) is 11.1 Å². The molecular weight excluding hydrogens is 200 g/mol. The second-order valence-electron chi connectivity index (χ2n) is 3.62. The molecule has 3 heteroatoms. The highest BCUT2D eigenvalue weighted by molar-refractivity contribution is 5.77. The van der Waals surface area contributed by atoms with Crippen molar-refractivity contribution in [3.63, 3.8) is 0 Å². The van der Waals surface area contributed by atoms with E-state index in [1.165, 1.54) is 0 Å². The lowest BCUT2D eigenvalue weighted by atomic mass is 10.0. The second-order valence-corrected chi connectivity index (χ2v) is 3.62. The normalized spacial score (nSPS) is 10.1. The molecule has 82 valence electrons. The fraction of sp³-hybridized carbons (Fsp3) is 0.154. The van der Waals surface area contributed by atoms with Gasteiger partial charge in [-0.15, -0.1) is 0 Å². The summed E-state index contributed by atoms with van der Waals surface area (Å²) < 4.78 is 5.19. The predicted molar refractivity (Wildman–Crippen MR) is 65.4 cm³/mol. The Morgan fingerprint density at radius 2 is 2.06 bits per heavy atom. The maximum Gasteiger partial charge on any atom is 0.131 e. The molecule has 16 heavy (non-hydrogen) atoms. The number of aromatic nitrogens is 1. The molecule has 0 saturated heterocycles. The van der Waals surface area contributed by atoms with E-state index in [1.807, 2.05) is 37.3 Å². The van der Waals surface area contributed by atoms with E-state index in [-0.39, 0.29) is 0 Å². The Balaban J connectivity index is 2.58. The van der Waals surface area contributed by atoms with Gasteiger partial charge < -0.3 is 10.5 Å². The smallest absolute Gasteiger partial charge is 0.131 e. The van der Waals surface area contributed by atoms with Gasteiger partial charge >= 0.3 is 0 Å². The monoisotopic (exact) mass is 214 g/mol. The molecule has 0 spiro atoms. The number of hydrogen-bond acceptors (Lipinski definition) is 3. The number of hydrogen-bond donors (Lipinski definition) is 1. The molecule has 2 rings (SSSR count). The van der Waals surface area contributed by atoms with Crippen molar-refractivity contribution in [2.24, 2.45) is 0 Å². The first kappa shape index (κ1) is 10.5. The zero-order valence-electron chi connectivity index (χ0n) is 9.40. The third kappa shape index (κ3) is 1.84. The first-order valence-electron chi connectivity index (χ1n) is 5.08. The molecule has 3 nitrogen and oxygen atoms in total. The lowest BCUT2D eigenvalue weighted by Gasteiger charge is -2.09. The summed E-state index contributed by atoms with van der Waals surface area (Å²) in [6.07, 6.45) is 1.72. The van der Waals surface area contributed by atoms with Crippen molar-refractivity contribution in [3.8, 4) is 16.9 Å². The molecule has 2 N–H and O–H groups in total. The van der Waals surface area contributed by atoms with Gasteiger partial charge in [-0.1, -0.05) is 12.1 Å². The Labute approximate surface area is 94.9 Å². The van der Waals surface area contributed by atoms with Crippen molar-refractivity contribution in [3.05, 3.63) is 42.1 Å². The topological polar surface area (TPSA) is 48.1 Å². The Kier molecular flexibility index (Phi) is 2.77. The molecule has 0 radical (unpaired) electrons. The summed E-state index contributed by atoms with van der Waals surface area (Å²) in [6.45, 7) is 2.02. The van der Waals surface area contributed by atoms with Gasteiger partial charge in [0, 0.05) is 11.8 Å². The van der Waals surface area contributed by atoms with Gasteiger partial charge in [-0.2, -0.15) is 0 Å². The third-order valence-electron chi connectivity index (χ3n) is 2.55. The molecule has 0 aliphatic carbocycles. The molecule has 1 aromatic carbocycles. The van der Waals surface area contributed by atoms with Crippen LogP contribution in [-0.4, -0.2) is 12.1 Å². The van der Waals surface area contributed by atoms with E-state index in [9.17, 15) is 0 Å².